The SMILES string of the molecule is CC(C)C(C#N)c1nc(-c2cccs2)cs1. The van der Waals surface area contributed by atoms with Crippen molar-refractivity contribution in [1.29, 1.82) is 5.26 Å². The molecule has 0 aliphatic carbocycles. The summed E-state index contributed by atoms with van der Waals surface area (Å²) in [5.41, 5.74) is 0.996. The highest BCUT2D eigenvalue weighted by atomic mass is 32.1. The smallest absolute Gasteiger partial charge is 0.111 e. The van der Waals surface area contributed by atoms with Gasteiger partial charge >= 0.3 is 0 Å². The lowest BCUT2D eigenvalue weighted by molar-refractivity contribution is 0.585. The fourth-order valence-electron chi connectivity index (χ4n) is 1.46. The molecule has 2 aromatic heterocycles. The van der Waals surface area contributed by atoms with E-state index in [4.69, 9.17) is 5.26 Å². The molecule has 0 fully saturated rings. The predicted octanol–water partition coefficient (Wildman–Crippen LogP) is 4.13. The second-order valence-electron chi connectivity index (χ2n) is 3.90. The molecule has 1 unspecified atom stereocenters. The summed E-state index contributed by atoms with van der Waals surface area (Å²) in [6.45, 7) is 4.11. The van der Waals surface area contributed by atoms with Crippen LogP contribution < -0.4 is 0 Å². The molecule has 0 aliphatic heterocycles. The van der Waals surface area contributed by atoms with Gasteiger partial charge in [-0.15, -0.1) is 22.7 Å². The van der Waals surface area contributed by atoms with Crippen molar-refractivity contribution in [2.45, 2.75) is 19.8 Å². The van der Waals surface area contributed by atoms with Gasteiger partial charge in [-0.05, 0) is 17.4 Å². The molecule has 0 bridgehead atoms. The Morgan fingerprint density at radius 2 is 2.19 bits per heavy atom. The van der Waals surface area contributed by atoms with Crippen LogP contribution in [-0.2, 0) is 0 Å². The first-order valence-electron chi connectivity index (χ1n) is 5.11. The Labute approximate surface area is 103 Å². The minimum atomic E-state index is -0.0845. The van der Waals surface area contributed by atoms with Gasteiger partial charge in [-0.25, -0.2) is 4.98 Å². The maximum atomic E-state index is 9.11. The van der Waals surface area contributed by atoms with Crippen LogP contribution in [0, 0.1) is 17.2 Å². The number of thiophene rings is 1. The molecule has 0 aromatic carbocycles. The summed E-state index contributed by atoms with van der Waals surface area (Å²) in [6.07, 6.45) is 0. The van der Waals surface area contributed by atoms with E-state index in [0.717, 1.165) is 10.7 Å². The Hall–Kier alpha value is -1.18. The molecule has 82 valence electrons. The number of thiazole rings is 1. The van der Waals surface area contributed by atoms with Gasteiger partial charge in [-0.1, -0.05) is 19.9 Å². The number of aromatic nitrogens is 1. The third-order valence-electron chi connectivity index (χ3n) is 2.37. The monoisotopic (exact) mass is 248 g/mol. The molecule has 0 saturated carbocycles. The standard InChI is InChI=1S/C12H12N2S2/c1-8(2)9(6-13)12-14-10(7-16-12)11-4-3-5-15-11/h3-5,7-9H,1-2H3. The van der Waals surface area contributed by atoms with Crippen LogP contribution in [0.25, 0.3) is 10.6 Å². The van der Waals surface area contributed by atoms with Crippen LogP contribution in [0.4, 0.5) is 0 Å². The van der Waals surface area contributed by atoms with Gasteiger partial charge in [0.1, 0.15) is 10.9 Å². The number of hydrogen-bond donors (Lipinski definition) is 0. The van der Waals surface area contributed by atoms with Crippen molar-refractivity contribution < 1.29 is 0 Å². The summed E-state index contributed by atoms with van der Waals surface area (Å²) in [7, 11) is 0. The largest absolute Gasteiger partial charge is 0.239 e. The molecule has 2 aromatic rings. The van der Waals surface area contributed by atoms with Crippen LogP contribution in [0.1, 0.15) is 24.8 Å². The van der Waals surface area contributed by atoms with E-state index in [1.54, 1.807) is 22.7 Å². The normalized spacial score (nSPS) is 12.6. The highest BCUT2D eigenvalue weighted by Crippen LogP contribution is 2.31. The van der Waals surface area contributed by atoms with Crippen LogP contribution in [0.3, 0.4) is 0 Å². The lowest BCUT2D eigenvalue weighted by atomic mass is 9.98. The highest BCUT2D eigenvalue weighted by molar-refractivity contribution is 7.14. The Bertz CT molecular complexity index is 491. The second-order valence-corrected chi connectivity index (χ2v) is 5.74. The van der Waals surface area contributed by atoms with Crippen LogP contribution in [0.15, 0.2) is 22.9 Å². The molecule has 1 atom stereocenters. The van der Waals surface area contributed by atoms with E-state index in [9.17, 15) is 0 Å². The lowest BCUT2D eigenvalue weighted by Gasteiger charge is -2.08. The third kappa shape index (κ3) is 2.16. The van der Waals surface area contributed by atoms with Crippen molar-refractivity contribution in [3.05, 3.63) is 27.9 Å². The van der Waals surface area contributed by atoms with Crippen molar-refractivity contribution in [3.8, 4) is 16.6 Å². The summed E-state index contributed by atoms with van der Waals surface area (Å²) in [4.78, 5) is 5.72. The number of nitriles is 1. The molecule has 4 heteroatoms. The Balaban J connectivity index is 2.30. The molecule has 0 aliphatic rings. The van der Waals surface area contributed by atoms with Gasteiger partial charge in [0.25, 0.3) is 0 Å². The summed E-state index contributed by atoms with van der Waals surface area (Å²) in [6, 6.07) is 6.40. The molecule has 0 N–H and O–H groups in total. The third-order valence-corrected chi connectivity index (χ3v) is 4.19. The molecule has 0 radical (unpaired) electrons. The molecule has 16 heavy (non-hydrogen) atoms. The maximum absolute atomic E-state index is 9.11. The van der Waals surface area contributed by atoms with Crippen molar-refractivity contribution in [1.82, 2.24) is 4.98 Å². The van der Waals surface area contributed by atoms with Gasteiger partial charge in [0.05, 0.1) is 16.6 Å². The zero-order chi connectivity index (χ0) is 11.5. The Morgan fingerprint density at radius 3 is 2.75 bits per heavy atom. The highest BCUT2D eigenvalue weighted by Gasteiger charge is 2.19. The van der Waals surface area contributed by atoms with Crippen LogP contribution in [-0.4, -0.2) is 4.98 Å². The van der Waals surface area contributed by atoms with Crippen LogP contribution in [0.2, 0.25) is 0 Å². The predicted molar refractivity (Wildman–Crippen MR) is 68.6 cm³/mol. The van der Waals surface area contributed by atoms with Gasteiger partial charge in [0.15, 0.2) is 0 Å². The summed E-state index contributed by atoms with van der Waals surface area (Å²) in [5.74, 6) is 0.228. The van der Waals surface area contributed by atoms with Gasteiger partial charge in [-0.2, -0.15) is 5.26 Å². The molecule has 0 saturated heterocycles. The quantitative estimate of drug-likeness (QED) is 0.818. The molecular formula is C12H12N2S2. The number of nitrogens with zero attached hydrogens (tertiary/aromatic N) is 2. The van der Waals surface area contributed by atoms with Gasteiger partial charge in [0.2, 0.25) is 0 Å². The van der Waals surface area contributed by atoms with E-state index in [2.05, 4.69) is 31.0 Å². The fourth-order valence-corrected chi connectivity index (χ4v) is 3.25. The average molecular weight is 248 g/mol. The van der Waals surface area contributed by atoms with Crippen LogP contribution in [0.5, 0.6) is 0 Å². The van der Waals surface area contributed by atoms with Gasteiger partial charge < -0.3 is 0 Å². The minimum absolute atomic E-state index is 0.0845. The summed E-state index contributed by atoms with van der Waals surface area (Å²) < 4.78 is 0. The zero-order valence-corrected chi connectivity index (χ0v) is 10.8. The van der Waals surface area contributed by atoms with Crippen molar-refractivity contribution in [2.24, 2.45) is 5.92 Å². The Morgan fingerprint density at radius 1 is 1.38 bits per heavy atom. The maximum Gasteiger partial charge on any atom is 0.111 e. The van der Waals surface area contributed by atoms with Crippen LogP contribution >= 0.6 is 22.7 Å². The number of rotatable bonds is 3. The average Bonchev–Trinajstić information content (AvgIpc) is 2.86. The van der Waals surface area contributed by atoms with E-state index < -0.39 is 0 Å². The Kier molecular flexibility index (Phi) is 3.37. The van der Waals surface area contributed by atoms with E-state index in [1.807, 2.05) is 16.8 Å². The first-order valence-corrected chi connectivity index (χ1v) is 6.87. The first-order chi connectivity index (χ1) is 7.72. The molecular weight excluding hydrogens is 236 g/mol. The second kappa shape index (κ2) is 4.77. The van der Waals surface area contributed by atoms with E-state index in [1.165, 1.54) is 4.88 Å². The van der Waals surface area contributed by atoms with E-state index in [-0.39, 0.29) is 5.92 Å². The van der Waals surface area contributed by atoms with E-state index in [0.29, 0.717) is 5.92 Å². The van der Waals surface area contributed by atoms with Crippen molar-refractivity contribution in [2.75, 3.05) is 0 Å². The van der Waals surface area contributed by atoms with Crippen molar-refractivity contribution in [3.63, 3.8) is 0 Å². The van der Waals surface area contributed by atoms with E-state index >= 15 is 0 Å². The molecule has 0 spiro atoms. The minimum Gasteiger partial charge on any atom is -0.239 e. The first kappa shape index (κ1) is 11.3. The molecule has 0 amide bonds. The summed E-state index contributed by atoms with van der Waals surface area (Å²) in [5, 5.41) is 14.1. The van der Waals surface area contributed by atoms with Gasteiger partial charge in [0, 0.05) is 5.38 Å². The molecule has 2 heterocycles. The topological polar surface area (TPSA) is 36.7 Å². The van der Waals surface area contributed by atoms with Crippen molar-refractivity contribution >= 4 is 22.7 Å². The number of hydrogen-bond acceptors (Lipinski definition) is 4. The fraction of sp³-hybridized carbons (Fsp3) is 0.333. The molecule has 2 rings (SSSR count). The summed E-state index contributed by atoms with van der Waals surface area (Å²) >= 11 is 3.26. The zero-order valence-electron chi connectivity index (χ0n) is 9.18. The lowest BCUT2D eigenvalue weighted by Crippen LogP contribution is -2.03. The van der Waals surface area contributed by atoms with Gasteiger partial charge in [-0.3, -0.25) is 0 Å². The molecule has 2 nitrogen and oxygen atoms in total.